The molecule has 0 spiro atoms. The third-order valence-corrected chi connectivity index (χ3v) is 6.36. The van der Waals surface area contributed by atoms with E-state index in [1.54, 1.807) is 38.1 Å². The fraction of sp³-hybridized carbons (Fsp3) is 0.594. The molecule has 1 heterocycles. The van der Waals surface area contributed by atoms with Gasteiger partial charge in [0.15, 0.2) is 0 Å². The van der Waals surface area contributed by atoms with Gasteiger partial charge in [-0.1, -0.05) is 53.2 Å². The summed E-state index contributed by atoms with van der Waals surface area (Å²) >= 11 is 0. The third kappa shape index (κ3) is 18.3. The van der Waals surface area contributed by atoms with E-state index in [9.17, 15) is 33.6 Å². The van der Waals surface area contributed by atoms with Gasteiger partial charge in [-0.2, -0.15) is 0 Å². The Kier molecular flexibility index (Phi) is 21.5. The standard InChI is InChI=1S/C26H36N4O7.C4H10N2O.C2H6/c1-17(2)25(29-21(32)7-5-4-6-14-30-23(34)12-13-24(30)35)26(36)27-15-22(33)28-20-10-8-19(9-11-20)16-37-18(3)31;1-2-3-6-4(5)7;1-2/h8-11,17,25H,4-7,12-16H2,1-3H3,(H,27,36)(H,28,33)(H,29,32);2-3H2,1H3,(H3,5,6,7);1-2H3. The number of nitrogens with zero attached hydrogens (tertiary/aromatic N) is 1. The Balaban J connectivity index is 0.00000198. The second-order valence-corrected chi connectivity index (χ2v) is 10.6. The van der Waals surface area contributed by atoms with Crippen molar-refractivity contribution in [2.45, 2.75) is 99.1 Å². The van der Waals surface area contributed by atoms with Gasteiger partial charge in [0.05, 0.1) is 6.54 Å². The summed E-state index contributed by atoms with van der Waals surface area (Å²) in [6, 6.07) is 5.52. The molecular weight excluding hydrogens is 596 g/mol. The number of primary amides is 1. The van der Waals surface area contributed by atoms with Crippen LogP contribution in [0.2, 0.25) is 0 Å². The van der Waals surface area contributed by atoms with Crippen molar-refractivity contribution in [3.05, 3.63) is 29.8 Å². The van der Waals surface area contributed by atoms with E-state index >= 15 is 0 Å². The number of hydrogen-bond donors (Lipinski definition) is 5. The number of urea groups is 1. The Bertz CT molecular complexity index is 1120. The van der Waals surface area contributed by atoms with Gasteiger partial charge in [0.2, 0.25) is 29.5 Å². The SMILES string of the molecule is CC.CC(=O)OCc1ccc(NC(=O)CNC(=O)C(NC(=O)CCCCCN2C(=O)CCC2=O)C(C)C)cc1.CCCNC(N)=O. The first-order valence-electron chi connectivity index (χ1n) is 15.8. The molecule has 1 fully saturated rings. The van der Waals surface area contributed by atoms with Gasteiger partial charge in [-0.25, -0.2) is 4.79 Å². The van der Waals surface area contributed by atoms with Gasteiger partial charge in [0, 0.05) is 45.0 Å². The fourth-order valence-corrected chi connectivity index (χ4v) is 3.99. The Morgan fingerprint density at radius 2 is 1.52 bits per heavy atom. The molecule has 1 atom stereocenters. The van der Waals surface area contributed by atoms with Crippen molar-refractivity contribution in [3.63, 3.8) is 0 Å². The van der Waals surface area contributed by atoms with E-state index < -0.39 is 23.9 Å². The van der Waals surface area contributed by atoms with E-state index in [-0.39, 0.29) is 62.0 Å². The van der Waals surface area contributed by atoms with Crippen molar-refractivity contribution < 1.29 is 38.3 Å². The maximum absolute atomic E-state index is 12.6. The molecule has 7 amide bonds. The maximum atomic E-state index is 12.6. The largest absolute Gasteiger partial charge is 0.461 e. The summed E-state index contributed by atoms with van der Waals surface area (Å²) in [6.07, 6.45) is 3.56. The van der Waals surface area contributed by atoms with Crippen LogP contribution in [0, 0.1) is 5.92 Å². The highest BCUT2D eigenvalue weighted by Crippen LogP contribution is 2.14. The number of nitrogens with one attached hydrogen (secondary N) is 4. The minimum Gasteiger partial charge on any atom is -0.461 e. The molecule has 14 heteroatoms. The van der Waals surface area contributed by atoms with Crippen LogP contribution in [0.15, 0.2) is 24.3 Å². The monoisotopic (exact) mass is 648 g/mol. The molecule has 1 aromatic rings. The van der Waals surface area contributed by atoms with Crippen LogP contribution in [0.3, 0.4) is 0 Å². The number of esters is 1. The van der Waals surface area contributed by atoms with E-state index in [1.165, 1.54) is 11.8 Å². The van der Waals surface area contributed by atoms with Gasteiger partial charge in [-0.3, -0.25) is 33.7 Å². The number of imide groups is 1. The first kappa shape index (κ1) is 41.5. The van der Waals surface area contributed by atoms with E-state index in [0.29, 0.717) is 38.0 Å². The molecule has 6 N–H and O–H groups in total. The van der Waals surface area contributed by atoms with Crippen molar-refractivity contribution in [1.82, 2.24) is 20.9 Å². The number of hydrogen-bond acceptors (Lipinski definition) is 8. The van der Waals surface area contributed by atoms with Gasteiger partial charge in [0.25, 0.3) is 0 Å². The topological polar surface area (TPSA) is 206 Å². The molecule has 1 aromatic carbocycles. The van der Waals surface area contributed by atoms with Crippen LogP contribution in [-0.4, -0.2) is 72.1 Å². The lowest BCUT2D eigenvalue weighted by atomic mass is 10.0. The first-order valence-corrected chi connectivity index (χ1v) is 15.8. The number of anilines is 1. The predicted molar refractivity (Wildman–Crippen MR) is 174 cm³/mol. The second-order valence-electron chi connectivity index (χ2n) is 10.6. The molecule has 0 bridgehead atoms. The van der Waals surface area contributed by atoms with Crippen LogP contribution in [0.5, 0.6) is 0 Å². The van der Waals surface area contributed by atoms with Gasteiger partial charge in [-0.15, -0.1) is 0 Å². The molecule has 0 radical (unpaired) electrons. The molecule has 258 valence electrons. The molecule has 1 saturated heterocycles. The summed E-state index contributed by atoms with van der Waals surface area (Å²) in [5, 5.41) is 10.4. The normalized spacial score (nSPS) is 12.5. The molecule has 0 aliphatic carbocycles. The van der Waals surface area contributed by atoms with E-state index in [0.717, 1.165) is 12.0 Å². The van der Waals surface area contributed by atoms with Gasteiger partial charge < -0.3 is 31.7 Å². The van der Waals surface area contributed by atoms with Crippen LogP contribution >= 0.6 is 0 Å². The zero-order valence-corrected chi connectivity index (χ0v) is 28.0. The van der Waals surface area contributed by atoms with Gasteiger partial charge in [0.1, 0.15) is 12.6 Å². The molecule has 14 nitrogen and oxygen atoms in total. The molecular formula is C32H52N6O8. The molecule has 1 aliphatic rings. The summed E-state index contributed by atoms with van der Waals surface area (Å²) in [5.74, 6) is -2.02. The lowest BCUT2D eigenvalue weighted by Gasteiger charge is -2.21. The lowest BCUT2D eigenvalue weighted by Crippen LogP contribution is -2.51. The number of carbonyl (C=O) groups excluding carboxylic acids is 7. The maximum Gasteiger partial charge on any atom is 0.312 e. The molecule has 0 aromatic heterocycles. The molecule has 1 unspecified atom stereocenters. The van der Waals surface area contributed by atoms with Crippen LogP contribution in [0.1, 0.15) is 92.1 Å². The average molecular weight is 649 g/mol. The van der Waals surface area contributed by atoms with Crippen molar-refractivity contribution >= 4 is 47.2 Å². The predicted octanol–water partition coefficient (Wildman–Crippen LogP) is 2.75. The summed E-state index contributed by atoms with van der Waals surface area (Å²) in [5.41, 5.74) is 6.03. The number of carbonyl (C=O) groups is 7. The van der Waals surface area contributed by atoms with E-state index in [4.69, 9.17) is 10.5 Å². The summed E-state index contributed by atoms with van der Waals surface area (Å²) in [6.45, 7) is 11.8. The Hall–Kier alpha value is -4.49. The Labute approximate surface area is 271 Å². The molecule has 1 aliphatic heterocycles. The van der Waals surface area contributed by atoms with Crippen LogP contribution in [0.25, 0.3) is 0 Å². The molecule has 46 heavy (non-hydrogen) atoms. The second kappa shape index (κ2) is 23.8. The highest BCUT2D eigenvalue weighted by molar-refractivity contribution is 6.01. The number of benzene rings is 1. The minimum absolute atomic E-state index is 0.141. The van der Waals surface area contributed by atoms with Crippen LogP contribution < -0.4 is 27.0 Å². The number of nitrogens with two attached hydrogens (primary N) is 1. The van der Waals surface area contributed by atoms with Crippen LogP contribution in [0.4, 0.5) is 10.5 Å². The third-order valence-electron chi connectivity index (χ3n) is 6.36. The fourth-order valence-electron chi connectivity index (χ4n) is 3.99. The summed E-state index contributed by atoms with van der Waals surface area (Å²) in [7, 11) is 0. The number of likely N-dealkylation sites (tertiary alicyclic amines) is 1. The highest BCUT2D eigenvalue weighted by Gasteiger charge is 2.28. The van der Waals surface area contributed by atoms with Crippen molar-refractivity contribution in [2.24, 2.45) is 11.7 Å². The first-order chi connectivity index (χ1) is 21.8. The lowest BCUT2D eigenvalue weighted by molar-refractivity contribution is -0.142. The van der Waals surface area contributed by atoms with Gasteiger partial charge in [-0.05, 0) is 42.9 Å². The quantitative estimate of drug-likeness (QED) is 0.102. The number of amides is 7. The minimum atomic E-state index is -0.791. The molecule has 2 rings (SSSR count). The zero-order valence-electron chi connectivity index (χ0n) is 28.0. The Morgan fingerprint density at radius 3 is 2.02 bits per heavy atom. The van der Waals surface area contributed by atoms with Crippen molar-refractivity contribution in [2.75, 3.05) is 25.0 Å². The number of unbranched alkanes of at least 4 members (excludes halogenated alkanes) is 2. The average Bonchev–Trinajstić information content (AvgIpc) is 3.34. The summed E-state index contributed by atoms with van der Waals surface area (Å²) in [4.78, 5) is 82.5. The smallest absolute Gasteiger partial charge is 0.312 e. The number of rotatable bonds is 16. The molecule has 0 saturated carbocycles. The van der Waals surface area contributed by atoms with E-state index in [1.807, 2.05) is 20.8 Å². The van der Waals surface area contributed by atoms with Crippen LogP contribution in [-0.2, 0) is 40.1 Å². The number of ether oxygens (including phenoxy) is 1. The van der Waals surface area contributed by atoms with Gasteiger partial charge >= 0.3 is 12.0 Å². The van der Waals surface area contributed by atoms with E-state index in [2.05, 4.69) is 21.3 Å². The Morgan fingerprint density at radius 1 is 0.913 bits per heavy atom. The van der Waals surface area contributed by atoms with Crippen molar-refractivity contribution in [1.29, 1.82) is 0 Å². The highest BCUT2D eigenvalue weighted by atomic mass is 16.5. The zero-order chi connectivity index (χ0) is 35.1. The van der Waals surface area contributed by atoms with Crippen molar-refractivity contribution in [3.8, 4) is 0 Å². The summed E-state index contributed by atoms with van der Waals surface area (Å²) < 4.78 is 4.91.